The van der Waals surface area contributed by atoms with Crippen molar-refractivity contribution >= 4 is 102 Å². The number of nitrogens with zero attached hydrogens (tertiary/aromatic N) is 1. The average molecular weight is 710 g/mol. The van der Waals surface area contributed by atoms with Crippen LogP contribution in [0.1, 0.15) is 0 Å². The Bertz CT molecular complexity index is 3170. The molecule has 9 aromatic carbocycles. The lowest BCUT2D eigenvalue weighted by Crippen LogP contribution is -2.10. The zero-order valence-corrected chi connectivity index (χ0v) is 30.3. The van der Waals surface area contributed by atoms with Gasteiger partial charge in [0.05, 0.1) is 10.4 Å². The van der Waals surface area contributed by atoms with Crippen molar-refractivity contribution in [1.29, 1.82) is 0 Å². The van der Waals surface area contributed by atoms with Gasteiger partial charge in [-0.1, -0.05) is 133 Å². The van der Waals surface area contributed by atoms with Gasteiger partial charge in [-0.25, -0.2) is 0 Å². The van der Waals surface area contributed by atoms with Crippen LogP contribution in [-0.4, -0.2) is 0 Å². The zero-order chi connectivity index (χ0) is 34.9. The Balaban J connectivity index is 1.15. The van der Waals surface area contributed by atoms with E-state index in [9.17, 15) is 0 Å². The summed E-state index contributed by atoms with van der Waals surface area (Å²) in [5.74, 6) is 0. The van der Waals surface area contributed by atoms with E-state index in [4.69, 9.17) is 0 Å². The fourth-order valence-electron chi connectivity index (χ4n) is 8.21. The highest BCUT2D eigenvalue weighted by Gasteiger charge is 2.22. The van der Waals surface area contributed by atoms with Crippen molar-refractivity contribution in [3.63, 3.8) is 0 Å². The summed E-state index contributed by atoms with van der Waals surface area (Å²) in [5.41, 5.74) is 8.42. The number of fused-ring (bicyclic) bond motifs is 9. The van der Waals surface area contributed by atoms with Gasteiger partial charge in [0.15, 0.2) is 0 Å². The van der Waals surface area contributed by atoms with Gasteiger partial charge in [-0.15, -0.1) is 22.7 Å². The lowest BCUT2D eigenvalue weighted by atomic mass is 9.93. The van der Waals surface area contributed by atoms with Crippen LogP contribution >= 0.6 is 22.7 Å². The fourth-order valence-corrected chi connectivity index (χ4v) is 10.5. The molecule has 0 aliphatic rings. The van der Waals surface area contributed by atoms with Crippen molar-refractivity contribution in [1.82, 2.24) is 0 Å². The zero-order valence-electron chi connectivity index (χ0n) is 28.7. The van der Waals surface area contributed by atoms with Gasteiger partial charge in [-0.3, -0.25) is 0 Å². The average Bonchev–Trinajstić information content (AvgIpc) is 3.80. The lowest BCUT2D eigenvalue weighted by molar-refractivity contribution is 1.31. The molecule has 0 spiro atoms. The predicted molar refractivity (Wildman–Crippen MR) is 233 cm³/mol. The molecule has 0 saturated heterocycles. The first kappa shape index (κ1) is 30.4. The minimum Gasteiger partial charge on any atom is -0.309 e. The molecule has 0 bridgehead atoms. The number of anilines is 3. The third-order valence-corrected chi connectivity index (χ3v) is 13.0. The minimum absolute atomic E-state index is 1.13. The van der Waals surface area contributed by atoms with Crippen LogP contribution in [-0.2, 0) is 0 Å². The molecule has 2 heterocycles. The Morgan fingerprint density at radius 3 is 1.75 bits per heavy atom. The molecule has 2 aromatic heterocycles. The van der Waals surface area contributed by atoms with Gasteiger partial charge in [0, 0.05) is 47.0 Å². The molecule has 0 N–H and O–H groups in total. The van der Waals surface area contributed by atoms with Crippen LogP contribution < -0.4 is 4.90 Å². The summed E-state index contributed by atoms with van der Waals surface area (Å²) in [4.78, 5) is 2.47. The van der Waals surface area contributed by atoms with E-state index in [2.05, 4.69) is 193 Å². The number of hydrogen-bond donors (Lipinski definition) is 0. The van der Waals surface area contributed by atoms with Crippen molar-refractivity contribution in [2.24, 2.45) is 0 Å². The van der Waals surface area contributed by atoms with Gasteiger partial charge < -0.3 is 4.90 Å². The second kappa shape index (κ2) is 12.2. The summed E-state index contributed by atoms with van der Waals surface area (Å²) in [6.07, 6.45) is 0. The Morgan fingerprint density at radius 2 is 0.943 bits per heavy atom. The highest BCUT2D eigenvalue weighted by Crippen LogP contribution is 2.49. The summed E-state index contributed by atoms with van der Waals surface area (Å²) < 4.78 is 5.20. The van der Waals surface area contributed by atoms with E-state index in [0.29, 0.717) is 0 Å². The molecule has 11 rings (SSSR count). The second-order valence-electron chi connectivity index (χ2n) is 13.7. The fraction of sp³-hybridized carbons (Fsp3) is 0. The molecule has 248 valence electrons. The normalized spacial score (nSPS) is 11.8. The van der Waals surface area contributed by atoms with Crippen LogP contribution in [0.25, 0.3) is 84.1 Å². The quantitative estimate of drug-likeness (QED) is 0.161. The van der Waals surface area contributed by atoms with Crippen molar-refractivity contribution < 1.29 is 0 Å². The third kappa shape index (κ3) is 4.89. The highest BCUT2D eigenvalue weighted by molar-refractivity contribution is 7.26. The maximum atomic E-state index is 2.47. The first-order valence-corrected chi connectivity index (χ1v) is 19.6. The monoisotopic (exact) mass is 709 g/mol. The molecule has 11 aromatic rings. The minimum atomic E-state index is 1.13. The molecular formula is C50H31NS2. The van der Waals surface area contributed by atoms with Gasteiger partial charge in [0.1, 0.15) is 0 Å². The first-order chi connectivity index (χ1) is 26.3. The summed E-state index contributed by atoms with van der Waals surface area (Å²) in [6, 6.07) is 69.2. The number of hydrogen-bond acceptors (Lipinski definition) is 3. The van der Waals surface area contributed by atoms with Crippen LogP contribution in [0.5, 0.6) is 0 Å². The van der Waals surface area contributed by atoms with E-state index in [-0.39, 0.29) is 0 Å². The second-order valence-corrected chi connectivity index (χ2v) is 15.8. The maximum Gasteiger partial charge on any atom is 0.0640 e. The van der Waals surface area contributed by atoms with Gasteiger partial charge in [0.25, 0.3) is 0 Å². The smallest absolute Gasteiger partial charge is 0.0640 e. The molecule has 53 heavy (non-hydrogen) atoms. The summed E-state index contributed by atoms with van der Waals surface area (Å²) >= 11 is 3.75. The number of thiophene rings is 2. The van der Waals surface area contributed by atoms with E-state index < -0.39 is 0 Å². The van der Waals surface area contributed by atoms with Crippen molar-refractivity contribution in [2.75, 3.05) is 4.90 Å². The SMILES string of the molecule is c1ccc(-c2ccc(N(c3ccc(-c4cc5ccccc5c5ccccc45)cc3)c3ccc4sc5ccccc5c4c3)c3sc4ccccc4c23)cc1. The topological polar surface area (TPSA) is 3.24 Å². The van der Waals surface area contributed by atoms with E-state index >= 15 is 0 Å². The van der Waals surface area contributed by atoms with E-state index in [1.165, 1.54) is 89.8 Å². The van der Waals surface area contributed by atoms with Gasteiger partial charge in [0.2, 0.25) is 0 Å². The molecule has 0 aliphatic heterocycles. The molecule has 0 saturated carbocycles. The van der Waals surface area contributed by atoms with E-state index in [1.54, 1.807) is 0 Å². The molecule has 0 fully saturated rings. The summed E-state index contributed by atoms with van der Waals surface area (Å²) in [5, 5.41) is 10.3. The van der Waals surface area contributed by atoms with E-state index in [1.807, 2.05) is 22.7 Å². The maximum absolute atomic E-state index is 2.47. The molecule has 0 aliphatic carbocycles. The molecule has 0 radical (unpaired) electrons. The summed E-state index contributed by atoms with van der Waals surface area (Å²) in [7, 11) is 0. The Hall–Kier alpha value is -6.26. The third-order valence-electron chi connectivity index (χ3n) is 10.7. The molecule has 3 heteroatoms. The standard InChI is InChI=1S/C50H31NS2/c1-2-12-32(13-3-1)38-27-28-45(50-49(38)42-19-9-11-21-47(42)53-50)51(36-26-29-48-44(31-36)41-18-8-10-20-46(41)52-48)35-24-22-33(23-25-35)43-30-34-14-4-5-15-37(34)39-16-6-7-17-40(39)43/h1-31H. The van der Waals surface area contributed by atoms with Crippen LogP contribution in [0.2, 0.25) is 0 Å². The predicted octanol–water partition coefficient (Wildman–Crippen LogP) is 15.5. The van der Waals surface area contributed by atoms with Crippen LogP contribution in [0.4, 0.5) is 17.1 Å². The largest absolute Gasteiger partial charge is 0.309 e. The summed E-state index contributed by atoms with van der Waals surface area (Å²) in [6.45, 7) is 0. The van der Waals surface area contributed by atoms with Crippen molar-refractivity contribution in [3.8, 4) is 22.3 Å². The molecule has 0 unspecified atom stereocenters. The van der Waals surface area contributed by atoms with Crippen LogP contribution in [0.15, 0.2) is 188 Å². The Labute approximate surface area is 315 Å². The van der Waals surface area contributed by atoms with Crippen molar-refractivity contribution in [3.05, 3.63) is 188 Å². The molecular weight excluding hydrogens is 679 g/mol. The lowest BCUT2D eigenvalue weighted by Gasteiger charge is -2.27. The first-order valence-electron chi connectivity index (χ1n) is 18.0. The molecule has 0 atom stereocenters. The Morgan fingerprint density at radius 1 is 0.340 bits per heavy atom. The van der Waals surface area contributed by atoms with Gasteiger partial charge in [-0.2, -0.15) is 0 Å². The highest BCUT2D eigenvalue weighted by atomic mass is 32.1. The molecule has 0 amide bonds. The van der Waals surface area contributed by atoms with Crippen LogP contribution in [0, 0.1) is 0 Å². The van der Waals surface area contributed by atoms with Gasteiger partial charge >= 0.3 is 0 Å². The molecule has 1 nitrogen and oxygen atoms in total. The van der Waals surface area contributed by atoms with E-state index in [0.717, 1.165) is 11.4 Å². The van der Waals surface area contributed by atoms with Gasteiger partial charge in [-0.05, 0) is 98.4 Å². The Kier molecular flexibility index (Phi) is 6.97. The van der Waals surface area contributed by atoms with Crippen molar-refractivity contribution in [2.45, 2.75) is 0 Å². The number of benzene rings is 9. The van der Waals surface area contributed by atoms with Crippen LogP contribution in [0.3, 0.4) is 0 Å². The number of rotatable bonds is 5.